The molecule has 0 aliphatic heterocycles. The Bertz CT molecular complexity index is 928. The van der Waals surface area contributed by atoms with Gasteiger partial charge in [0.2, 0.25) is 0 Å². The summed E-state index contributed by atoms with van der Waals surface area (Å²) in [7, 11) is 0. The number of ether oxygens (including phenoxy) is 1. The first kappa shape index (κ1) is 24.8. The predicted molar refractivity (Wildman–Crippen MR) is 120 cm³/mol. The van der Waals surface area contributed by atoms with Gasteiger partial charge in [-0.25, -0.2) is 0 Å². The van der Waals surface area contributed by atoms with Crippen molar-refractivity contribution in [3.63, 3.8) is 0 Å². The first-order valence-electron chi connectivity index (χ1n) is 11.0. The van der Waals surface area contributed by atoms with Crippen LogP contribution in [0, 0.1) is 10.1 Å². The van der Waals surface area contributed by atoms with E-state index in [2.05, 4.69) is 12.2 Å². The first-order chi connectivity index (χ1) is 15.4. The molecule has 32 heavy (non-hydrogen) atoms. The molecule has 8 nitrogen and oxygen atoms in total. The van der Waals surface area contributed by atoms with Crippen molar-refractivity contribution >= 4 is 23.3 Å². The van der Waals surface area contributed by atoms with E-state index in [-0.39, 0.29) is 11.3 Å². The summed E-state index contributed by atoms with van der Waals surface area (Å²) in [5, 5.41) is 24.6. The van der Waals surface area contributed by atoms with Crippen LogP contribution in [-0.2, 0) is 0 Å². The molecule has 1 N–H and O–H groups in total. The molecule has 2 rings (SSSR count). The van der Waals surface area contributed by atoms with Gasteiger partial charge in [-0.15, -0.1) is 0 Å². The van der Waals surface area contributed by atoms with Gasteiger partial charge in [-0.2, -0.15) is 0 Å². The highest BCUT2D eigenvalue weighted by Crippen LogP contribution is 2.23. The lowest BCUT2D eigenvalue weighted by atomic mass is 10.1. The van der Waals surface area contributed by atoms with Gasteiger partial charge >= 0.3 is 0 Å². The highest BCUT2D eigenvalue weighted by molar-refractivity contribution is 6.07. The second kappa shape index (κ2) is 13.1. The maximum atomic E-state index is 12.6. The molecule has 2 aromatic rings. The quantitative estimate of drug-likeness (QED) is 0.257. The van der Waals surface area contributed by atoms with Crippen LogP contribution in [0.15, 0.2) is 42.5 Å². The van der Waals surface area contributed by atoms with Crippen molar-refractivity contribution in [3.8, 4) is 5.75 Å². The fourth-order valence-corrected chi connectivity index (χ4v) is 3.27. The summed E-state index contributed by atoms with van der Waals surface area (Å²) >= 11 is 0. The Morgan fingerprint density at radius 1 is 0.969 bits per heavy atom. The number of benzene rings is 2. The number of nitro groups is 1. The largest absolute Gasteiger partial charge is 0.545 e. The second-order valence-electron chi connectivity index (χ2n) is 7.58. The molecule has 0 aliphatic rings. The molecular formula is C24H29N2O6-. The molecule has 0 unspecified atom stereocenters. The molecule has 172 valence electrons. The molecule has 1 amide bonds. The van der Waals surface area contributed by atoms with Crippen LogP contribution >= 0.6 is 0 Å². The summed E-state index contributed by atoms with van der Waals surface area (Å²) in [6.07, 6.45) is 9.58. The number of nitrogens with zero attached hydrogens (tertiary/aromatic N) is 1. The molecule has 0 heterocycles. The van der Waals surface area contributed by atoms with E-state index < -0.39 is 28.1 Å². The van der Waals surface area contributed by atoms with E-state index in [1.807, 2.05) is 0 Å². The number of nitrogens with one attached hydrogen (secondary N) is 1. The number of unbranched alkanes of at least 4 members (excludes halogenated alkanes) is 7. The van der Waals surface area contributed by atoms with Gasteiger partial charge in [-0.1, -0.05) is 57.9 Å². The van der Waals surface area contributed by atoms with Crippen molar-refractivity contribution in [3.05, 3.63) is 63.7 Å². The van der Waals surface area contributed by atoms with Gasteiger partial charge in [0.25, 0.3) is 11.6 Å². The lowest BCUT2D eigenvalue weighted by Gasteiger charge is -2.12. The van der Waals surface area contributed by atoms with Crippen LogP contribution in [0.5, 0.6) is 5.75 Å². The molecule has 0 aliphatic carbocycles. The number of non-ortho nitro benzene ring substituents is 1. The summed E-state index contributed by atoms with van der Waals surface area (Å²) in [6, 6.07) is 9.71. The molecule has 0 radical (unpaired) electrons. The first-order valence-corrected chi connectivity index (χ1v) is 11.0. The standard InChI is InChI=1S/C24H30N2O6/c1-2-3-4-5-6-7-8-9-15-32-20-12-10-11-18(16-20)23(27)25-22-14-13-19(26(30)31)17-21(22)24(28)29/h10-14,16-17H,2-9,15H2,1H3,(H,25,27)(H,28,29)/p-1. The number of hydrogen-bond donors (Lipinski definition) is 1. The minimum Gasteiger partial charge on any atom is -0.545 e. The third kappa shape index (κ3) is 8.02. The zero-order chi connectivity index (χ0) is 23.3. The second-order valence-corrected chi connectivity index (χ2v) is 7.58. The SMILES string of the molecule is CCCCCCCCCCOc1cccc(C(=O)Nc2ccc([N+](=O)[O-])cc2C(=O)[O-])c1. The molecule has 0 saturated heterocycles. The summed E-state index contributed by atoms with van der Waals surface area (Å²) < 4.78 is 5.74. The molecule has 8 heteroatoms. The number of anilines is 1. The van der Waals surface area contributed by atoms with Crippen molar-refractivity contribution in [2.75, 3.05) is 11.9 Å². The molecule has 0 fully saturated rings. The van der Waals surface area contributed by atoms with Gasteiger partial charge in [-0.3, -0.25) is 14.9 Å². The van der Waals surface area contributed by atoms with E-state index in [4.69, 9.17) is 4.74 Å². The van der Waals surface area contributed by atoms with Crippen molar-refractivity contribution in [1.82, 2.24) is 0 Å². The van der Waals surface area contributed by atoms with E-state index in [1.165, 1.54) is 44.6 Å². The number of rotatable bonds is 14. The van der Waals surface area contributed by atoms with Crippen LogP contribution in [0.3, 0.4) is 0 Å². The monoisotopic (exact) mass is 441 g/mol. The van der Waals surface area contributed by atoms with Crippen molar-refractivity contribution < 1.29 is 24.4 Å². The van der Waals surface area contributed by atoms with Gasteiger partial charge in [-0.05, 0) is 30.7 Å². The Morgan fingerprint density at radius 2 is 1.66 bits per heavy atom. The fraction of sp³-hybridized carbons (Fsp3) is 0.417. The van der Waals surface area contributed by atoms with Crippen LogP contribution in [-0.4, -0.2) is 23.4 Å². The average molecular weight is 442 g/mol. The summed E-state index contributed by atoms with van der Waals surface area (Å²) in [5.74, 6) is -1.63. The normalized spacial score (nSPS) is 10.5. The van der Waals surface area contributed by atoms with Crippen molar-refractivity contribution in [2.45, 2.75) is 58.3 Å². The van der Waals surface area contributed by atoms with Crippen molar-refractivity contribution in [2.24, 2.45) is 0 Å². The number of amides is 1. The van der Waals surface area contributed by atoms with Crippen LogP contribution < -0.4 is 15.2 Å². The number of hydrogen-bond acceptors (Lipinski definition) is 6. The number of aromatic carboxylic acids is 1. The molecule has 0 aromatic heterocycles. The lowest BCUT2D eigenvalue weighted by Crippen LogP contribution is -2.25. The number of carboxylic acids is 1. The Morgan fingerprint density at radius 3 is 2.31 bits per heavy atom. The Balaban J connectivity index is 1.88. The third-order valence-corrected chi connectivity index (χ3v) is 5.04. The Labute approximate surface area is 187 Å². The number of nitro benzene ring substituents is 1. The Kier molecular flexibility index (Phi) is 10.2. The predicted octanol–water partition coefficient (Wildman–Crippen LogP) is 4.73. The van der Waals surface area contributed by atoms with Crippen LogP contribution in [0.4, 0.5) is 11.4 Å². The minimum absolute atomic E-state index is 0.0779. The van der Waals surface area contributed by atoms with Crippen LogP contribution in [0.1, 0.15) is 79.0 Å². The van der Waals surface area contributed by atoms with E-state index in [0.29, 0.717) is 12.4 Å². The minimum atomic E-state index is -1.62. The van der Waals surface area contributed by atoms with Gasteiger partial charge in [0, 0.05) is 23.3 Å². The maximum absolute atomic E-state index is 12.6. The molecule has 0 bridgehead atoms. The van der Waals surface area contributed by atoms with Crippen LogP contribution in [0.2, 0.25) is 0 Å². The third-order valence-electron chi connectivity index (χ3n) is 5.04. The smallest absolute Gasteiger partial charge is 0.270 e. The van der Waals surface area contributed by atoms with E-state index in [0.717, 1.165) is 25.0 Å². The highest BCUT2D eigenvalue weighted by Gasteiger charge is 2.15. The molecule has 0 saturated carbocycles. The zero-order valence-electron chi connectivity index (χ0n) is 18.3. The molecule has 0 atom stereocenters. The lowest BCUT2D eigenvalue weighted by molar-refractivity contribution is -0.385. The molecular weight excluding hydrogens is 412 g/mol. The molecule has 0 spiro atoms. The van der Waals surface area contributed by atoms with E-state index in [9.17, 15) is 24.8 Å². The number of carbonyl (C=O) groups is 2. The van der Waals surface area contributed by atoms with Gasteiger partial charge in [0.05, 0.1) is 23.2 Å². The topological polar surface area (TPSA) is 122 Å². The van der Waals surface area contributed by atoms with Gasteiger partial charge in [0.15, 0.2) is 0 Å². The maximum Gasteiger partial charge on any atom is 0.270 e. The number of carbonyl (C=O) groups excluding carboxylic acids is 2. The highest BCUT2D eigenvalue weighted by atomic mass is 16.6. The van der Waals surface area contributed by atoms with E-state index in [1.54, 1.807) is 24.3 Å². The Hall–Kier alpha value is -3.42. The summed E-state index contributed by atoms with van der Waals surface area (Å²) in [5.41, 5.74) is -0.667. The average Bonchev–Trinajstić information content (AvgIpc) is 2.78. The van der Waals surface area contributed by atoms with Gasteiger partial charge < -0.3 is 20.0 Å². The van der Waals surface area contributed by atoms with E-state index >= 15 is 0 Å². The zero-order valence-corrected chi connectivity index (χ0v) is 18.3. The fourth-order valence-electron chi connectivity index (χ4n) is 3.27. The van der Waals surface area contributed by atoms with Gasteiger partial charge in [0.1, 0.15) is 5.75 Å². The number of carboxylic acid groups (broad SMARTS) is 1. The van der Waals surface area contributed by atoms with Crippen LogP contribution in [0.25, 0.3) is 0 Å². The molecule has 2 aromatic carbocycles. The summed E-state index contributed by atoms with van der Waals surface area (Å²) in [6.45, 7) is 2.76. The van der Waals surface area contributed by atoms with Crippen molar-refractivity contribution in [1.29, 1.82) is 0 Å². The summed E-state index contributed by atoms with van der Waals surface area (Å²) in [4.78, 5) is 34.0.